The highest BCUT2D eigenvalue weighted by atomic mass is 79.9. The van der Waals surface area contributed by atoms with Crippen molar-refractivity contribution in [2.24, 2.45) is 0 Å². The average Bonchev–Trinajstić information content (AvgIpc) is 2.36. The number of anilines is 2. The van der Waals surface area contributed by atoms with Crippen molar-refractivity contribution in [2.45, 2.75) is 6.92 Å². The second-order valence-corrected chi connectivity index (χ2v) is 5.06. The molecule has 4 nitrogen and oxygen atoms in total. The van der Waals surface area contributed by atoms with Crippen LogP contribution in [-0.2, 0) is 0 Å². The van der Waals surface area contributed by atoms with Gasteiger partial charge in [-0.2, -0.15) is 0 Å². The van der Waals surface area contributed by atoms with E-state index < -0.39 is 0 Å². The van der Waals surface area contributed by atoms with Gasteiger partial charge in [-0.3, -0.25) is 4.79 Å². The predicted octanol–water partition coefficient (Wildman–Crippen LogP) is 3.30. The molecule has 0 saturated carbocycles. The number of halogens is 1. The number of nitrogens with two attached hydrogens (primary N) is 1. The Morgan fingerprint density at radius 2 is 2.00 bits per heavy atom. The standard InChI is InChI=1S/C14H13BrN2O2/c1-8-2-4-11(15)13(6-8)17-14(19)10-7-9(18)3-5-12(10)16/h2-7,18H,16H2,1H3,(H,17,19). The fourth-order valence-electron chi connectivity index (χ4n) is 1.67. The number of aromatic hydroxyl groups is 1. The van der Waals surface area contributed by atoms with Gasteiger partial charge in [-0.15, -0.1) is 0 Å². The highest BCUT2D eigenvalue weighted by molar-refractivity contribution is 9.10. The Morgan fingerprint density at radius 3 is 2.74 bits per heavy atom. The van der Waals surface area contributed by atoms with E-state index in [1.807, 2.05) is 25.1 Å². The van der Waals surface area contributed by atoms with E-state index >= 15 is 0 Å². The molecule has 19 heavy (non-hydrogen) atoms. The minimum Gasteiger partial charge on any atom is -0.508 e. The predicted molar refractivity (Wildman–Crippen MR) is 79.4 cm³/mol. The topological polar surface area (TPSA) is 75.3 Å². The summed E-state index contributed by atoms with van der Waals surface area (Å²) >= 11 is 3.37. The Labute approximate surface area is 119 Å². The average molecular weight is 321 g/mol. The number of hydrogen-bond acceptors (Lipinski definition) is 3. The zero-order valence-electron chi connectivity index (χ0n) is 10.3. The first-order valence-corrected chi connectivity index (χ1v) is 6.42. The Balaban J connectivity index is 2.30. The Hall–Kier alpha value is -2.01. The number of phenols is 1. The quantitative estimate of drug-likeness (QED) is 0.587. The van der Waals surface area contributed by atoms with Crippen molar-refractivity contribution in [3.05, 3.63) is 52.0 Å². The summed E-state index contributed by atoms with van der Waals surface area (Å²) in [4.78, 5) is 12.1. The lowest BCUT2D eigenvalue weighted by atomic mass is 10.1. The summed E-state index contributed by atoms with van der Waals surface area (Å²) in [6.45, 7) is 1.94. The molecule has 1 amide bonds. The number of nitrogen functional groups attached to an aromatic ring is 1. The van der Waals surface area contributed by atoms with Crippen LogP contribution < -0.4 is 11.1 Å². The highest BCUT2D eigenvalue weighted by Gasteiger charge is 2.12. The minimum absolute atomic E-state index is 0.00246. The third kappa shape index (κ3) is 3.06. The number of carbonyl (C=O) groups is 1. The number of rotatable bonds is 2. The van der Waals surface area contributed by atoms with E-state index in [4.69, 9.17) is 5.73 Å². The Morgan fingerprint density at radius 1 is 1.26 bits per heavy atom. The first kappa shape index (κ1) is 13.4. The number of nitrogens with one attached hydrogen (secondary N) is 1. The third-order valence-electron chi connectivity index (χ3n) is 2.65. The van der Waals surface area contributed by atoms with Gasteiger partial charge >= 0.3 is 0 Å². The molecular formula is C14H13BrN2O2. The van der Waals surface area contributed by atoms with Gasteiger partial charge < -0.3 is 16.2 Å². The number of benzene rings is 2. The summed E-state index contributed by atoms with van der Waals surface area (Å²) in [7, 11) is 0. The lowest BCUT2D eigenvalue weighted by molar-refractivity contribution is 0.102. The maximum absolute atomic E-state index is 12.1. The van der Waals surface area contributed by atoms with Crippen LogP contribution in [0.5, 0.6) is 5.75 Å². The first-order chi connectivity index (χ1) is 8.97. The molecule has 2 rings (SSSR count). The maximum Gasteiger partial charge on any atom is 0.257 e. The fraction of sp³-hybridized carbons (Fsp3) is 0.0714. The van der Waals surface area contributed by atoms with Crippen molar-refractivity contribution >= 4 is 33.2 Å². The van der Waals surface area contributed by atoms with Crippen LogP contribution in [0.25, 0.3) is 0 Å². The van der Waals surface area contributed by atoms with Crippen LogP contribution >= 0.6 is 15.9 Å². The molecule has 5 heteroatoms. The molecule has 0 heterocycles. The van der Waals surface area contributed by atoms with Crippen LogP contribution in [0, 0.1) is 6.92 Å². The van der Waals surface area contributed by atoms with Gasteiger partial charge in [0, 0.05) is 10.2 Å². The molecule has 0 atom stereocenters. The van der Waals surface area contributed by atoms with Gasteiger partial charge in [0.1, 0.15) is 5.75 Å². The van der Waals surface area contributed by atoms with Crippen molar-refractivity contribution in [2.75, 3.05) is 11.1 Å². The molecule has 0 unspecified atom stereocenters. The molecule has 2 aromatic carbocycles. The molecule has 0 aliphatic carbocycles. The van der Waals surface area contributed by atoms with Crippen LogP contribution in [-0.4, -0.2) is 11.0 Å². The second kappa shape index (κ2) is 5.32. The Bertz CT molecular complexity index is 641. The van der Waals surface area contributed by atoms with Gasteiger partial charge in [-0.1, -0.05) is 6.07 Å². The van der Waals surface area contributed by atoms with Crippen molar-refractivity contribution in [3.63, 3.8) is 0 Å². The molecule has 0 fully saturated rings. The summed E-state index contributed by atoms with van der Waals surface area (Å²) in [5.41, 5.74) is 7.98. The highest BCUT2D eigenvalue weighted by Crippen LogP contribution is 2.25. The smallest absolute Gasteiger partial charge is 0.257 e. The molecule has 0 aromatic heterocycles. The summed E-state index contributed by atoms with van der Waals surface area (Å²) in [5.74, 6) is -0.359. The van der Waals surface area contributed by atoms with E-state index in [1.165, 1.54) is 18.2 Å². The summed E-state index contributed by atoms with van der Waals surface area (Å²) in [6, 6.07) is 9.92. The monoisotopic (exact) mass is 320 g/mol. The van der Waals surface area contributed by atoms with Crippen LogP contribution in [0.15, 0.2) is 40.9 Å². The zero-order valence-corrected chi connectivity index (χ0v) is 11.9. The van der Waals surface area contributed by atoms with Crippen LogP contribution in [0.2, 0.25) is 0 Å². The van der Waals surface area contributed by atoms with Crippen LogP contribution in [0.3, 0.4) is 0 Å². The maximum atomic E-state index is 12.1. The largest absolute Gasteiger partial charge is 0.508 e. The lowest BCUT2D eigenvalue weighted by Gasteiger charge is -2.10. The molecule has 0 spiro atoms. The second-order valence-electron chi connectivity index (χ2n) is 4.21. The minimum atomic E-state index is -0.361. The molecule has 0 aliphatic heterocycles. The van der Waals surface area contributed by atoms with Gasteiger partial charge in [0.05, 0.1) is 11.3 Å². The summed E-state index contributed by atoms with van der Waals surface area (Å²) < 4.78 is 0.783. The van der Waals surface area contributed by atoms with Crippen LogP contribution in [0.1, 0.15) is 15.9 Å². The van der Waals surface area contributed by atoms with Crippen molar-refractivity contribution in [3.8, 4) is 5.75 Å². The molecule has 0 radical (unpaired) electrons. The number of hydrogen-bond donors (Lipinski definition) is 3. The molecular weight excluding hydrogens is 308 g/mol. The number of carbonyl (C=O) groups excluding carboxylic acids is 1. The van der Waals surface area contributed by atoms with E-state index in [0.29, 0.717) is 11.4 Å². The molecule has 0 saturated heterocycles. The van der Waals surface area contributed by atoms with Crippen molar-refractivity contribution in [1.82, 2.24) is 0 Å². The summed E-state index contributed by atoms with van der Waals surface area (Å²) in [6.07, 6.45) is 0. The first-order valence-electron chi connectivity index (χ1n) is 5.63. The molecule has 0 aliphatic rings. The molecule has 0 bridgehead atoms. The van der Waals surface area contributed by atoms with Gasteiger partial charge in [0.2, 0.25) is 0 Å². The van der Waals surface area contributed by atoms with E-state index in [1.54, 1.807) is 0 Å². The van der Waals surface area contributed by atoms with E-state index in [0.717, 1.165) is 10.0 Å². The Kier molecular flexibility index (Phi) is 3.76. The molecule has 2 aromatic rings. The zero-order chi connectivity index (χ0) is 14.0. The third-order valence-corrected chi connectivity index (χ3v) is 3.34. The van der Waals surface area contributed by atoms with Gasteiger partial charge in [-0.05, 0) is 58.7 Å². The van der Waals surface area contributed by atoms with E-state index in [9.17, 15) is 9.90 Å². The van der Waals surface area contributed by atoms with Gasteiger partial charge in [-0.25, -0.2) is 0 Å². The van der Waals surface area contributed by atoms with Crippen molar-refractivity contribution < 1.29 is 9.90 Å². The summed E-state index contributed by atoms with van der Waals surface area (Å²) in [5, 5.41) is 12.2. The molecule has 98 valence electrons. The molecule has 4 N–H and O–H groups in total. The van der Waals surface area contributed by atoms with E-state index in [-0.39, 0.29) is 17.2 Å². The SMILES string of the molecule is Cc1ccc(Br)c(NC(=O)c2cc(O)ccc2N)c1. The number of aryl methyl sites for hydroxylation is 1. The van der Waals surface area contributed by atoms with Gasteiger partial charge in [0.15, 0.2) is 0 Å². The van der Waals surface area contributed by atoms with Gasteiger partial charge in [0.25, 0.3) is 5.91 Å². The normalized spacial score (nSPS) is 10.2. The van der Waals surface area contributed by atoms with Crippen LogP contribution in [0.4, 0.5) is 11.4 Å². The fourth-order valence-corrected chi connectivity index (χ4v) is 2.01. The lowest BCUT2D eigenvalue weighted by Crippen LogP contribution is -2.14. The van der Waals surface area contributed by atoms with Crippen molar-refractivity contribution in [1.29, 1.82) is 0 Å². The number of phenolic OH excluding ortho intramolecular Hbond substituents is 1. The van der Waals surface area contributed by atoms with E-state index in [2.05, 4.69) is 21.2 Å². The number of amides is 1.